The number of hydrogen-bond donors (Lipinski definition) is 2. The maximum absolute atomic E-state index is 11.9. The summed E-state index contributed by atoms with van der Waals surface area (Å²) in [6.07, 6.45) is 0.520. The number of carbonyl (C=O) groups excluding carboxylic acids is 1. The van der Waals surface area contributed by atoms with Crippen LogP contribution in [0, 0.1) is 0 Å². The number of pyridine rings is 1. The van der Waals surface area contributed by atoms with Crippen molar-refractivity contribution in [2.75, 3.05) is 31.1 Å². The lowest BCUT2D eigenvalue weighted by molar-refractivity contribution is -0.132. The number of halogens is 2. The summed E-state index contributed by atoms with van der Waals surface area (Å²) >= 11 is 11.6. The summed E-state index contributed by atoms with van der Waals surface area (Å²) in [5.41, 5.74) is 0.808. The van der Waals surface area contributed by atoms with Crippen molar-refractivity contribution in [3.05, 3.63) is 34.0 Å². The lowest BCUT2D eigenvalue weighted by Gasteiger charge is -2.28. The first-order valence-corrected chi connectivity index (χ1v) is 7.78. The van der Waals surface area contributed by atoms with Gasteiger partial charge in [0.05, 0.1) is 11.6 Å². The molecule has 0 aromatic carbocycles. The number of amides is 1. The van der Waals surface area contributed by atoms with E-state index in [1.54, 1.807) is 6.20 Å². The van der Waals surface area contributed by atoms with Crippen LogP contribution in [-0.4, -0.2) is 53.3 Å². The molecule has 1 atom stereocenters. The van der Waals surface area contributed by atoms with Crippen molar-refractivity contribution in [3.63, 3.8) is 0 Å². The number of piperazine rings is 1. The number of nitrogens with one attached hydrogen (secondary N) is 1. The van der Waals surface area contributed by atoms with Gasteiger partial charge in [0.15, 0.2) is 6.23 Å². The summed E-state index contributed by atoms with van der Waals surface area (Å²) in [6.45, 7) is 3.94. The number of carbonyl (C=O) groups is 1. The van der Waals surface area contributed by atoms with Crippen molar-refractivity contribution >= 4 is 34.9 Å². The highest BCUT2D eigenvalue weighted by atomic mass is 35.5. The molecule has 2 N–H and O–H groups in total. The van der Waals surface area contributed by atoms with Gasteiger partial charge in [-0.15, -0.1) is 0 Å². The first kappa shape index (κ1) is 15.6. The van der Waals surface area contributed by atoms with Gasteiger partial charge in [-0.2, -0.15) is 0 Å². The maximum Gasteiger partial charge on any atom is 0.269 e. The van der Waals surface area contributed by atoms with Gasteiger partial charge in [0, 0.05) is 32.4 Å². The van der Waals surface area contributed by atoms with Crippen molar-refractivity contribution in [2.24, 2.45) is 0 Å². The lowest BCUT2D eigenvalue weighted by Crippen LogP contribution is -2.43. The normalized spacial score (nSPS) is 22.7. The molecule has 0 radical (unpaired) electrons. The minimum Gasteiger partial charge on any atom is -0.368 e. The van der Waals surface area contributed by atoms with E-state index in [2.05, 4.69) is 15.2 Å². The molecule has 2 aliphatic heterocycles. The third-order valence-electron chi connectivity index (χ3n) is 3.78. The third kappa shape index (κ3) is 2.92. The summed E-state index contributed by atoms with van der Waals surface area (Å²) in [6, 6.07) is 3.81. The zero-order valence-corrected chi connectivity index (χ0v) is 13.3. The SMILES string of the molecule is O=C1C(Cl)=C(Cl)C(O)N1Cc1ccc(N2CCNCC2)nc1. The molecular formula is C14H16Cl2N4O2. The van der Waals surface area contributed by atoms with E-state index in [0.717, 1.165) is 37.6 Å². The predicted octanol–water partition coefficient (Wildman–Crippen LogP) is 0.841. The summed E-state index contributed by atoms with van der Waals surface area (Å²) in [5, 5.41) is 13.0. The van der Waals surface area contributed by atoms with E-state index in [0.29, 0.717) is 0 Å². The van der Waals surface area contributed by atoms with E-state index >= 15 is 0 Å². The molecule has 8 heteroatoms. The molecule has 0 saturated carbocycles. The maximum atomic E-state index is 11.9. The molecule has 1 unspecified atom stereocenters. The molecular weight excluding hydrogens is 327 g/mol. The number of rotatable bonds is 3. The molecule has 1 aromatic heterocycles. The fourth-order valence-corrected chi connectivity index (χ4v) is 2.94. The Labute approximate surface area is 138 Å². The average molecular weight is 343 g/mol. The van der Waals surface area contributed by atoms with Gasteiger partial charge in [0.25, 0.3) is 5.91 Å². The smallest absolute Gasteiger partial charge is 0.269 e. The Balaban J connectivity index is 1.68. The van der Waals surface area contributed by atoms with Crippen LogP contribution in [0.15, 0.2) is 28.4 Å². The van der Waals surface area contributed by atoms with Gasteiger partial charge < -0.3 is 20.2 Å². The standard InChI is InChI=1S/C14H16Cl2N4O2/c15-11-12(16)14(22)20(13(11)21)8-9-1-2-10(18-7-9)19-5-3-17-4-6-19/h1-2,7,13,17,21H,3-6,8H2. The summed E-state index contributed by atoms with van der Waals surface area (Å²) in [5.74, 6) is 0.443. The quantitative estimate of drug-likeness (QED) is 0.851. The van der Waals surface area contributed by atoms with Crippen LogP contribution in [0.5, 0.6) is 0 Å². The van der Waals surface area contributed by atoms with E-state index in [1.807, 2.05) is 12.1 Å². The minimum atomic E-state index is -1.19. The number of hydrogen-bond acceptors (Lipinski definition) is 5. The minimum absolute atomic E-state index is 0.0305. The Hall–Kier alpha value is -1.34. The van der Waals surface area contributed by atoms with Crippen LogP contribution in [0.1, 0.15) is 5.56 Å². The largest absolute Gasteiger partial charge is 0.368 e. The molecule has 22 heavy (non-hydrogen) atoms. The number of anilines is 1. The molecule has 1 saturated heterocycles. The molecule has 0 spiro atoms. The number of aromatic nitrogens is 1. The van der Waals surface area contributed by atoms with Gasteiger partial charge in [-0.05, 0) is 11.6 Å². The third-order valence-corrected chi connectivity index (χ3v) is 4.63. The highest BCUT2D eigenvalue weighted by Crippen LogP contribution is 2.31. The average Bonchev–Trinajstić information content (AvgIpc) is 2.74. The van der Waals surface area contributed by atoms with Crippen molar-refractivity contribution in [1.82, 2.24) is 15.2 Å². The molecule has 2 aliphatic rings. The van der Waals surface area contributed by atoms with Gasteiger partial charge in [-0.1, -0.05) is 29.3 Å². The second kappa shape index (κ2) is 6.42. The molecule has 3 rings (SSSR count). The predicted molar refractivity (Wildman–Crippen MR) is 84.6 cm³/mol. The number of aliphatic hydroxyl groups is 1. The molecule has 3 heterocycles. The second-order valence-electron chi connectivity index (χ2n) is 5.23. The van der Waals surface area contributed by atoms with E-state index in [1.165, 1.54) is 4.90 Å². The molecule has 0 aliphatic carbocycles. The molecule has 1 amide bonds. The highest BCUT2D eigenvalue weighted by molar-refractivity contribution is 6.49. The topological polar surface area (TPSA) is 68.7 Å². The van der Waals surface area contributed by atoms with Crippen LogP contribution in [0.25, 0.3) is 0 Å². The van der Waals surface area contributed by atoms with E-state index in [9.17, 15) is 9.90 Å². The van der Waals surface area contributed by atoms with Gasteiger partial charge in [0.1, 0.15) is 10.9 Å². The number of aliphatic hydroxyl groups excluding tert-OH is 1. The van der Waals surface area contributed by atoms with Crippen LogP contribution in [0.2, 0.25) is 0 Å². The molecule has 118 valence electrons. The molecule has 1 fully saturated rings. The van der Waals surface area contributed by atoms with Crippen LogP contribution in [0.3, 0.4) is 0 Å². The van der Waals surface area contributed by atoms with Crippen LogP contribution < -0.4 is 10.2 Å². The van der Waals surface area contributed by atoms with Crippen molar-refractivity contribution < 1.29 is 9.90 Å². The van der Waals surface area contributed by atoms with Gasteiger partial charge in [-0.25, -0.2) is 4.98 Å². The van der Waals surface area contributed by atoms with Gasteiger partial charge >= 0.3 is 0 Å². The summed E-state index contributed by atoms with van der Waals surface area (Å²) in [7, 11) is 0. The zero-order chi connectivity index (χ0) is 15.7. The molecule has 0 bridgehead atoms. The Morgan fingerprint density at radius 2 is 2.05 bits per heavy atom. The first-order chi connectivity index (χ1) is 10.6. The number of nitrogens with zero attached hydrogens (tertiary/aromatic N) is 3. The lowest BCUT2D eigenvalue weighted by atomic mass is 10.2. The summed E-state index contributed by atoms with van der Waals surface area (Å²) < 4.78 is 0. The van der Waals surface area contributed by atoms with Crippen molar-refractivity contribution in [3.8, 4) is 0 Å². The fraction of sp³-hybridized carbons (Fsp3) is 0.429. The zero-order valence-electron chi connectivity index (χ0n) is 11.8. The highest BCUT2D eigenvalue weighted by Gasteiger charge is 2.36. The Morgan fingerprint density at radius 3 is 2.59 bits per heavy atom. The van der Waals surface area contributed by atoms with Crippen LogP contribution in [0.4, 0.5) is 5.82 Å². The Bertz CT molecular complexity index is 599. The van der Waals surface area contributed by atoms with Crippen LogP contribution >= 0.6 is 23.2 Å². The Morgan fingerprint density at radius 1 is 1.32 bits per heavy atom. The summed E-state index contributed by atoms with van der Waals surface area (Å²) in [4.78, 5) is 19.7. The van der Waals surface area contributed by atoms with Crippen molar-refractivity contribution in [1.29, 1.82) is 0 Å². The molecule has 1 aromatic rings. The molecule has 6 nitrogen and oxygen atoms in total. The van der Waals surface area contributed by atoms with E-state index in [4.69, 9.17) is 23.2 Å². The fourth-order valence-electron chi connectivity index (χ4n) is 2.54. The van der Waals surface area contributed by atoms with Gasteiger partial charge in [-0.3, -0.25) is 4.79 Å². The first-order valence-electron chi connectivity index (χ1n) is 7.02. The van der Waals surface area contributed by atoms with Gasteiger partial charge in [0.2, 0.25) is 0 Å². The Kier molecular flexibility index (Phi) is 4.54. The van der Waals surface area contributed by atoms with E-state index < -0.39 is 12.1 Å². The van der Waals surface area contributed by atoms with Crippen LogP contribution in [-0.2, 0) is 11.3 Å². The van der Waals surface area contributed by atoms with E-state index in [-0.39, 0.29) is 16.6 Å². The second-order valence-corrected chi connectivity index (χ2v) is 6.02. The monoisotopic (exact) mass is 342 g/mol. The van der Waals surface area contributed by atoms with Crippen molar-refractivity contribution in [2.45, 2.75) is 12.8 Å².